The van der Waals surface area contributed by atoms with E-state index in [1.54, 1.807) is 12.3 Å². The molecule has 0 saturated carbocycles. The molecule has 0 aliphatic carbocycles. The zero-order valence-electron chi connectivity index (χ0n) is 7.68. The average molecular weight is 200 g/mol. The van der Waals surface area contributed by atoms with E-state index < -0.39 is 0 Å². The molecule has 0 amide bonds. The minimum absolute atomic E-state index is 0.528. The highest BCUT2D eigenvalue weighted by Crippen LogP contribution is 2.23. The van der Waals surface area contributed by atoms with Crippen LogP contribution in [0.5, 0.6) is 0 Å². The number of nitrogens with two attached hydrogens (primary N) is 1. The number of aromatic nitrogens is 1. The number of anilines is 2. The van der Waals surface area contributed by atoms with Gasteiger partial charge in [-0.1, -0.05) is 24.9 Å². The van der Waals surface area contributed by atoms with Crippen LogP contribution >= 0.6 is 11.6 Å². The van der Waals surface area contributed by atoms with Crippen LogP contribution in [-0.2, 0) is 0 Å². The maximum absolute atomic E-state index is 5.82. The third kappa shape index (κ3) is 2.77. The first-order valence-electron chi connectivity index (χ1n) is 4.39. The summed E-state index contributed by atoms with van der Waals surface area (Å²) in [7, 11) is 0. The summed E-state index contributed by atoms with van der Waals surface area (Å²) in [6.45, 7) is 3.02. The lowest BCUT2D eigenvalue weighted by molar-refractivity contribution is 0.831. The number of nitrogen functional groups attached to an aromatic ring is 1. The topological polar surface area (TPSA) is 50.9 Å². The molecule has 0 atom stereocenters. The molecule has 13 heavy (non-hydrogen) atoms. The van der Waals surface area contributed by atoms with Crippen LogP contribution in [0.2, 0.25) is 5.02 Å². The molecule has 0 bridgehead atoms. The van der Waals surface area contributed by atoms with Gasteiger partial charge in [-0.05, 0) is 12.5 Å². The molecule has 0 aliphatic rings. The van der Waals surface area contributed by atoms with Crippen molar-refractivity contribution in [3.63, 3.8) is 0 Å². The molecule has 0 spiro atoms. The van der Waals surface area contributed by atoms with Crippen LogP contribution in [0, 0.1) is 0 Å². The molecule has 72 valence electrons. The monoisotopic (exact) mass is 199 g/mol. The van der Waals surface area contributed by atoms with Gasteiger partial charge in [-0.15, -0.1) is 0 Å². The number of rotatable bonds is 4. The van der Waals surface area contributed by atoms with Crippen LogP contribution in [0.25, 0.3) is 0 Å². The average Bonchev–Trinajstić information content (AvgIpc) is 2.13. The minimum Gasteiger partial charge on any atom is -0.395 e. The first kappa shape index (κ1) is 10.1. The molecule has 3 N–H and O–H groups in total. The fourth-order valence-corrected chi connectivity index (χ4v) is 1.12. The van der Waals surface area contributed by atoms with E-state index in [1.807, 2.05) is 0 Å². The molecule has 0 aromatic carbocycles. The maximum atomic E-state index is 5.82. The number of hydrogen-bond acceptors (Lipinski definition) is 3. The Morgan fingerprint density at radius 1 is 1.62 bits per heavy atom. The van der Waals surface area contributed by atoms with Gasteiger partial charge < -0.3 is 11.1 Å². The Labute approximate surface area is 83.3 Å². The molecule has 3 nitrogen and oxygen atoms in total. The summed E-state index contributed by atoms with van der Waals surface area (Å²) in [4.78, 5) is 4.09. The third-order valence-corrected chi connectivity index (χ3v) is 2.09. The molecular weight excluding hydrogens is 186 g/mol. The Balaban J connectivity index is 2.61. The molecular formula is C9H14ClN3. The predicted octanol–water partition coefficient (Wildman–Crippen LogP) is 2.53. The molecule has 1 aromatic heterocycles. The van der Waals surface area contributed by atoms with Crippen LogP contribution < -0.4 is 11.1 Å². The largest absolute Gasteiger partial charge is 0.395 e. The van der Waals surface area contributed by atoms with Gasteiger partial charge in [0.1, 0.15) is 0 Å². The van der Waals surface area contributed by atoms with E-state index in [1.165, 1.54) is 0 Å². The summed E-state index contributed by atoms with van der Waals surface area (Å²) in [6, 6.07) is 1.68. The summed E-state index contributed by atoms with van der Waals surface area (Å²) < 4.78 is 0. The van der Waals surface area contributed by atoms with Crippen LogP contribution in [0.15, 0.2) is 12.3 Å². The van der Waals surface area contributed by atoms with Crippen LogP contribution in [0.3, 0.4) is 0 Å². The molecule has 1 heterocycles. The van der Waals surface area contributed by atoms with Crippen molar-refractivity contribution in [3.05, 3.63) is 17.3 Å². The highest BCUT2D eigenvalue weighted by atomic mass is 35.5. The standard InChI is InChI=1S/C9H14ClN3/c1-2-3-5-12-9-8(11)7(10)4-6-13-9/h4,6H,2-3,5,11H2,1H3,(H,12,13). The van der Waals surface area contributed by atoms with Gasteiger partial charge in [0.05, 0.1) is 10.7 Å². The number of halogens is 1. The highest BCUT2D eigenvalue weighted by molar-refractivity contribution is 6.33. The number of pyridine rings is 1. The van der Waals surface area contributed by atoms with Crippen molar-refractivity contribution in [2.24, 2.45) is 0 Å². The summed E-state index contributed by atoms with van der Waals surface area (Å²) in [6.07, 6.45) is 3.90. The lowest BCUT2D eigenvalue weighted by Gasteiger charge is -2.07. The van der Waals surface area contributed by atoms with Crippen LogP contribution in [0.1, 0.15) is 19.8 Å². The Morgan fingerprint density at radius 2 is 2.38 bits per heavy atom. The predicted molar refractivity (Wildman–Crippen MR) is 57.1 cm³/mol. The summed E-state index contributed by atoms with van der Waals surface area (Å²) in [5, 5.41) is 3.68. The van der Waals surface area contributed by atoms with Crippen molar-refractivity contribution in [1.82, 2.24) is 4.98 Å². The molecule has 4 heteroatoms. The van der Waals surface area contributed by atoms with Gasteiger partial charge >= 0.3 is 0 Å². The molecule has 0 radical (unpaired) electrons. The van der Waals surface area contributed by atoms with Gasteiger partial charge in [-0.2, -0.15) is 0 Å². The van der Waals surface area contributed by atoms with Crippen molar-refractivity contribution in [2.75, 3.05) is 17.6 Å². The van der Waals surface area contributed by atoms with E-state index in [-0.39, 0.29) is 0 Å². The second kappa shape index (κ2) is 4.92. The van der Waals surface area contributed by atoms with Gasteiger partial charge in [-0.25, -0.2) is 4.98 Å². The molecule has 0 unspecified atom stereocenters. The van der Waals surface area contributed by atoms with Crippen molar-refractivity contribution >= 4 is 23.1 Å². The highest BCUT2D eigenvalue weighted by Gasteiger charge is 2.02. The zero-order valence-corrected chi connectivity index (χ0v) is 8.43. The Bertz CT molecular complexity index is 276. The number of nitrogens with one attached hydrogen (secondary N) is 1. The summed E-state index contributed by atoms with van der Waals surface area (Å²) in [5.74, 6) is 0.681. The van der Waals surface area contributed by atoms with Crippen molar-refractivity contribution in [1.29, 1.82) is 0 Å². The summed E-state index contributed by atoms with van der Waals surface area (Å²) >= 11 is 5.82. The quantitative estimate of drug-likeness (QED) is 0.733. The molecule has 1 aromatic rings. The van der Waals surface area contributed by atoms with Crippen molar-refractivity contribution < 1.29 is 0 Å². The van der Waals surface area contributed by atoms with Gasteiger partial charge in [0, 0.05) is 12.7 Å². The van der Waals surface area contributed by atoms with Gasteiger partial charge in [-0.3, -0.25) is 0 Å². The molecule has 0 saturated heterocycles. The maximum Gasteiger partial charge on any atom is 0.150 e. The lowest BCUT2D eigenvalue weighted by Crippen LogP contribution is -2.05. The Morgan fingerprint density at radius 3 is 3.08 bits per heavy atom. The number of nitrogens with zero attached hydrogens (tertiary/aromatic N) is 1. The lowest BCUT2D eigenvalue weighted by atomic mass is 10.3. The Kier molecular flexibility index (Phi) is 3.83. The van der Waals surface area contributed by atoms with E-state index in [9.17, 15) is 0 Å². The van der Waals surface area contributed by atoms with E-state index in [4.69, 9.17) is 17.3 Å². The number of hydrogen-bond donors (Lipinski definition) is 2. The first-order valence-corrected chi connectivity index (χ1v) is 4.77. The van der Waals surface area contributed by atoms with Crippen LogP contribution in [-0.4, -0.2) is 11.5 Å². The van der Waals surface area contributed by atoms with Crippen LogP contribution in [0.4, 0.5) is 11.5 Å². The molecule has 0 aliphatic heterocycles. The minimum atomic E-state index is 0.528. The third-order valence-electron chi connectivity index (χ3n) is 1.76. The van der Waals surface area contributed by atoms with E-state index in [2.05, 4.69) is 17.2 Å². The van der Waals surface area contributed by atoms with Crippen molar-refractivity contribution in [2.45, 2.75) is 19.8 Å². The Hall–Kier alpha value is -0.960. The van der Waals surface area contributed by atoms with Crippen molar-refractivity contribution in [3.8, 4) is 0 Å². The smallest absolute Gasteiger partial charge is 0.150 e. The second-order valence-electron chi connectivity index (χ2n) is 2.84. The second-order valence-corrected chi connectivity index (χ2v) is 3.24. The fourth-order valence-electron chi connectivity index (χ4n) is 0.974. The summed E-state index contributed by atoms with van der Waals surface area (Å²) in [5.41, 5.74) is 6.24. The molecule has 1 rings (SSSR count). The van der Waals surface area contributed by atoms with E-state index >= 15 is 0 Å². The van der Waals surface area contributed by atoms with Gasteiger partial charge in [0.25, 0.3) is 0 Å². The van der Waals surface area contributed by atoms with E-state index in [0.29, 0.717) is 16.5 Å². The first-order chi connectivity index (χ1) is 6.25. The van der Waals surface area contributed by atoms with E-state index in [0.717, 1.165) is 19.4 Å². The number of unbranched alkanes of at least 4 members (excludes halogenated alkanes) is 1. The van der Waals surface area contributed by atoms with Gasteiger partial charge in [0.2, 0.25) is 0 Å². The normalized spacial score (nSPS) is 10.0. The zero-order chi connectivity index (χ0) is 9.68. The molecule has 0 fully saturated rings. The fraction of sp³-hybridized carbons (Fsp3) is 0.444. The van der Waals surface area contributed by atoms with Gasteiger partial charge in [0.15, 0.2) is 5.82 Å². The SMILES string of the molecule is CCCCNc1nccc(Cl)c1N.